The van der Waals surface area contributed by atoms with Gasteiger partial charge in [-0.2, -0.15) is 0 Å². The van der Waals surface area contributed by atoms with Crippen molar-refractivity contribution in [1.82, 2.24) is 0 Å². The Kier molecular flexibility index (Phi) is 5.03. The summed E-state index contributed by atoms with van der Waals surface area (Å²) < 4.78 is 0. The summed E-state index contributed by atoms with van der Waals surface area (Å²) in [5.41, 5.74) is 7.22. The van der Waals surface area contributed by atoms with Crippen LogP contribution in [0.4, 0.5) is 11.4 Å². The molecular weight excluding hydrogens is 274 g/mol. The van der Waals surface area contributed by atoms with Gasteiger partial charge in [-0.15, -0.1) is 11.8 Å². The van der Waals surface area contributed by atoms with Gasteiger partial charge in [0.25, 0.3) is 0 Å². The van der Waals surface area contributed by atoms with Gasteiger partial charge in [0, 0.05) is 10.6 Å². The molecule has 0 spiro atoms. The van der Waals surface area contributed by atoms with Gasteiger partial charge in [-0.1, -0.05) is 19.8 Å². The van der Waals surface area contributed by atoms with Gasteiger partial charge in [-0.25, -0.2) is 0 Å². The lowest BCUT2D eigenvalue weighted by molar-refractivity contribution is -0.117. The molecule has 1 aromatic rings. The molecule has 2 amide bonds. The van der Waals surface area contributed by atoms with Crippen molar-refractivity contribution in [3.63, 3.8) is 0 Å². The quantitative estimate of drug-likeness (QED) is 0.777. The lowest BCUT2D eigenvalue weighted by Crippen LogP contribution is -2.35. The number of carbonyl (C=O) groups excluding carboxylic acids is 2. The zero-order valence-electron chi connectivity index (χ0n) is 11.4. The fourth-order valence-corrected chi connectivity index (χ4v) is 2.74. The number of nitrogens with one attached hydrogen (secondary N) is 2. The van der Waals surface area contributed by atoms with E-state index in [-0.39, 0.29) is 11.8 Å². The van der Waals surface area contributed by atoms with Crippen LogP contribution in [0, 0.1) is 0 Å². The molecule has 0 saturated heterocycles. The fraction of sp³-hybridized carbons (Fsp3) is 0.429. The molecule has 1 aliphatic heterocycles. The predicted octanol–water partition coefficient (Wildman–Crippen LogP) is 2.19. The molecule has 1 atom stereocenters. The lowest BCUT2D eigenvalue weighted by atomic mass is 10.1. The Labute approximate surface area is 122 Å². The number of rotatable bonds is 5. The first-order chi connectivity index (χ1) is 9.60. The molecule has 6 heteroatoms. The number of unbranched alkanes of at least 4 members (excludes halogenated alkanes) is 1. The fourth-order valence-electron chi connectivity index (χ4n) is 1.95. The Balaban J connectivity index is 2.01. The maximum atomic E-state index is 11.9. The normalized spacial score (nSPS) is 15.2. The largest absolute Gasteiger partial charge is 0.325 e. The summed E-state index contributed by atoms with van der Waals surface area (Å²) in [7, 11) is 0. The Morgan fingerprint density at radius 2 is 2.35 bits per heavy atom. The topological polar surface area (TPSA) is 84.2 Å². The third-order valence-electron chi connectivity index (χ3n) is 3.09. The minimum Gasteiger partial charge on any atom is -0.325 e. The molecule has 20 heavy (non-hydrogen) atoms. The van der Waals surface area contributed by atoms with Crippen LogP contribution in [0.3, 0.4) is 0 Å². The first-order valence-electron chi connectivity index (χ1n) is 6.73. The Morgan fingerprint density at radius 1 is 1.55 bits per heavy atom. The SMILES string of the molecule is CCCC[C@H](N)C(=O)Nc1ccc2c(c1)NC(=O)CS2. The van der Waals surface area contributed by atoms with Gasteiger partial charge in [0.05, 0.1) is 17.5 Å². The average Bonchev–Trinajstić information content (AvgIpc) is 2.44. The molecule has 4 N–H and O–H groups in total. The summed E-state index contributed by atoms with van der Waals surface area (Å²) in [6.07, 6.45) is 2.63. The summed E-state index contributed by atoms with van der Waals surface area (Å²) in [6.45, 7) is 2.06. The van der Waals surface area contributed by atoms with Crippen LogP contribution in [-0.2, 0) is 9.59 Å². The number of carbonyl (C=O) groups is 2. The molecule has 2 rings (SSSR count). The van der Waals surface area contributed by atoms with Crippen LogP contribution in [0.25, 0.3) is 0 Å². The zero-order chi connectivity index (χ0) is 14.5. The highest BCUT2D eigenvalue weighted by Crippen LogP contribution is 2.33. The maximum absolute atomic E-state index is 11.9. The van der Waals surface area contributed by atoms with Crippen LogP contribution in [0.1, 0.15) is 26.2 Å². The molecule has 1 heterocycles. The van der Waals surface area contributed by atoms with Gasteiger partial charge in [0.2, 0.25) is 11.8 Å². The van der Waals surface area contributed by atoms with E-state index >= 15 is 0 Å². The summed E-state index contributed by atoms with van der Waals surface area (Å²) in [5.74, 6) is 0.222. The molecule has 0 fully saturated rings. The van der Waals surface area contributed by atoms with Crippen LogP contribution in [0.5, 0.6) is 0 Å². The van der Waals surface area contributed by atoms with E-state index in [4.69, 9.17) is 5.73 Å². The maximum Gasteiger partial charge on any atom is 0.241 e. The molecule has 0 radical (unpaired) electrons. The monoisotopic (exact) mass is 293 g/mol. The highest BCUT2D eigenvalue weighted by atomic mass is 32.2. The van der Waals surface area contributed by atoms with E-state index in [1.165, 1.54) is 11.8 Å². The van der Waals surface area contributed by atoms with Crippen molar-refractivity contribution in [3.05, 3.63) is 18.2 Å². The number of anilines is 2. The number of fused-ring (bicyclic) bond motifs is 1. The van der Waals surface area contributed by atoms with E-state index in [0.29, 0.717) is 17.9 Å². The Morgan fingerprint density at radius 3 is 3.10 bits per heavy atom. The lowest BCUT2D eigenvalue weighted by Gasteiger charge is -2.18. The second-order valence-electron chi connectivity index (χ2n) is 4.79. The van der Waals surface area contributed by atoms with Crippen LogP contribution in [0.15, 0.2) is 23.1 Å². The van der Waals surface area contributed by atoms with Gasteiger partial charge in [0.15, 0.2) is 0 Å². The summed E-state index contributed by atoms with van der Waals surface area (Å²) >= 11 is 1.49. The minimum absolute atomic E-state index is 0.0226. The molecule has 5 nitrogen and oxygen atoms in total. The molecule has 0 unspecified atom stereocenters. The predicted molar refractivity (Wildman–Crippen MR) is 81.9 cm³/mol. The number of amides is 2. The number of benzene rings is 1. The minimum atomic E-state index is -0.491. The van der Waals surface area contributed by atoms with Crippen LogP contribution in [0.2, 0.25) is 0 Å². The Bertz CT molecular complexity index is 519. The summed E-state index contributed by atoms with van der Waals surface area (Å²) in [6, 6.07) is 5.00. The smallest absolute Gasteiger partial charge is 0.241 e. The first kappa shape index (κ1) is 14.9. The molecule has 1 aliphatic rings. The third-order valence-corrected chi connectivity index (χ3v) is 4.16. The van der Waals surface area contributed by atoms with Gasteiger partial charge < -0.3 is 16.4 Å². The van der Waals surface area contributed by atoms with E-state index in [1.807, 2.05) is 12.1 Å². The molecule has 0 aliphatic carbocycles. The number of hydrogen-bond acceptors (Lipinski definition) is 4. The van der Waals surface area contributed by atoms with Crippen molar-refractivity contribution in [3.8, 4) is 0 Å². The Hall–Kier alpha value is -1.53. The van der Waals surface area contributed by atoms with Gasteiger partial charge in [-0.05, 0) is 24.6 Å². The molecule has 0 saturated carbocycles. The number of thioether (sulfide) groups is 1. The summed E-state index contributed by atoms with van der Waals surface area (Å²) in [5, 5.41) is 5.59. The van der Waals surface area contributed by atoms with Gasteiger partial charge >= 0.3 is 0 Å². The average molecular weight is 293 g/mol. The number of nitrogens with two attached hydrogens (primary N) is 1. The molecule has 1 aromatic carbocycles. The van der Waals surface area contributed by atoms with Gasteiger partial charge in [-0.3, -0.25) is 9.59 Å². The van der Waals surface area contributed by atoms with Crippen molar-refractivity contribution in [1.29, 1.82) is 0 Å². The van der Waals surface area contributed by atoms with Crippen LogP contribution >= 0.6 is 11.8 Å². The zero-order valence-corrected chi connectivity index (χ0v) is 12.3. The van der Waals surface area contributed by atoms with Crippen molar-refractivity contribution in [2.24, 2.45) is 5.73 Å². The molecular formula is C14H19N3O2S. The molecule has 0 bridgehead atoms. The second-order valence-corrected chi connectivity index (χ2v) is 5.80. The summed E-state index contributed by atoms with van der Waals surface area (Å²) in [4.78, 5) is 24.3. The highest BCUT2D eigenvalue weighted by molar-refractivity contribution is 8.00. The standard InChI is InChI=1S/C14H19N3O2S/c1-2-3-4-10(15)14(19)16-9-5-6-12-11(7-9)17-13(18)8-20-12/h5-7,10H,2-4,8,15H2,1H3,(H,16,19)(H,17,18)/t10-/m0/s1. The van der Waals surface area contributed by atoms with Crippen molar-refractivity contribution in [2.45, 2.75) is 37.1 Å². The van der Waals surface area contributed by atoms with E-state index in [9.17, 15) is 9.59 Å². The molecule has 108 valence electrons. The van der Waals surface area contributed by atoms with Crippen LogP contribution < -0.4 is 16.4 Å². The van der Waals surface area contributed by atoms with Crippen molar-refractivity contribution >= 4 is 35.0 Å². The third kappa shape index (κ3) is 3.74. The molecule has 0 aromatic heterocycles. The van der Waals surface area contributed by atoms with E-state index in [1.54, 1.807) is 6.07 Å². The van der Waals surface area contributed by atoms with E-state index in [0.717, 1.165) is 23.4 Å². The van der Waals surface area contributed by atoms with E-state index in [2.05, 4.69) is 17.6 Å². The van der Waals surface area contributed by atoms with E-state index < -0.39 is 6.04 Å². The highest BCUT2D eigenvalue weighted by Gasteiger charge is 2.17. The van der Waals surface area contributed by atoms with Crippen LogP contribution in [-0.4, -0.2) is 23.6 Å². The first-order valence-corrected chi connectivity index (χ1v) is 7.72. The van der Waals surface area contributed by atoms with Gasteiger partial charge in [0.1, 0.15) is 0 Å². The second kappa shape index (κ2) is 6.76. The number of hydrogen-bond donors (Lipinski definition) is 3. The van der Waals surface area contributed by atoms with Crippen molar-refractivity contribution < 1.29 is 9.59 Å². The van der Waals surface area contributed by atoms with Crippen molar-refractivity contribution in [2.75, 3.05) is 16.4 Å².